The van der Waals surface area contributed by atoms with Gasteiger partial charge in [-0.1, -0.05) is 44.2 Å². The minimum Gasteiger partial charge on any atom is -0.485 e. The Labute approximate surface area is 235 Å². The van der Waals surface area contributed by atoms with E-state index in [0.717, 1.165) is 49.3 Å². The van der Waals surface area contributed by atoms with Gasteiger partial charge in [0.15, 0.2) is 5.12 Å². The monoisotopic (exact) mass is 543 g/mol. The lowest BCUT2D eigenvalue weighted by Crippen LogP contribution is -2.51. The number of allylic oxidation sites excluding steroid dienone is 3. The van der Waals surface area contributed by atoms with Crippen molar-refractivity contribution >= 4 is 22.8 Å². The number of nitrogens with zero attached hydrogens (tertiary/aromatic N) is 1. The predicted molar refractivity (Wildman–Crippen MR) is 152 cm³/mol. The van der Waals surface area contributed by atoms with Gasteiger partial charge in [-0.15, -0.1) is 0 Å². The zero-order chi connectivity index (χ0) is 27.2. The third-order valence-electron chi connectivity index (χ3n) is 10.4. The number of methoxy groups -OCH3 is 1. The van der Waals surface area contributed by atoms with E-state index in [1.165, 1.54) is 24.4 Å². The van der Waals surface area contributed by atoms with Gasteiger partial charge in [-0.05, 0) is 115 Å². The van der Waals surface area contributed by atoms with Crippen molar-refractivity contribution in [2.75, 3.05) is 7.11 Å². The number of pyridine rings is 1. The van der Waals surface area contributed by atoms with E-state index < -0.39 is 0 Å². The van der Waals surface area contributed by atoms with Crippen molar-refractivity contribution < 1.29 is 19.1 Å². The fraction of sp³-hybridized carbons (Fsp3) is 0.485. The lowest BCUT2D eigenvalue weighted by atomic mass is 9.47. The van der Waals surface area contributed by atoms with Crippen molar-refractivity contribution in [3.8, 4) is 5.75 Å². The van der Waals surface area contributed by atoms with Crippen LogP contribution in [0.2, 0.25) is 0 Å². The van der Waals surface area contributed by atoms with Gasteiger partial charge in [0.05, 0.1) is 12.7 Å². The van der Waals surface area contributed by atoms with Crippen LogP contribution in [0.4, 0.5) is 0 Å². The standard InChI is InChI=1S/C33H37NO4S/c1-32-17-16-26-23(25(32)14-15-27(32)31(36)39-29-11-7-8-18-34-29)13-12-21-19-24(30(35)37-3)28(20-33(21,26)2)38-22-9-5-4-6-10-22/h4-12,18-19,23,25-28H,13-17,20H2,1-3H3/t23-,25-,26-,27+,28+,32-,33-/m0/s1. The maximum atomic E-state index is 13.5. The van der Waals surface area contributed by atoms with E-state index in [2.05, 4.69) is 31.0 Å². The van der Waals surface area contributed by atoms with Crippen molar-refractivity contribution in [1.82, 2.24) is 4.98 Å². The Hall–Kier alpha value is -2.86. The summed E-state index contributed by atoms with van der Waals surface area (Å²) in [5.41, 5.74) is 1.77. The van der Waals surface area contributed by atoms with Crippen LogP contribution >= 0.6 is 11.8 Å². The lowest BCUT2D eigenvalue weighted by Gasteiger charge is -2.57. The van der Waals surface area contributed by atoms with Crippen molar-refractivity contribution in [1.29, 1.82) is 0 Å². The smallest absolute Gasteiger partial charge is 0.337 e. The predicted octanol–water partition coefficient (Wildman–Crippen LogP) is 7.05. The van der Waals surface area contributed by atoms with Crippen LogP contribution in [-0.2, 0) is 14.3 Å². The molecule has 4 aliphatic rings. The second-order valence-corrected chi connectivity index (χ2v) is 13.2. The third-order valence-corrected chi connectivity index (χ3v) is 11.3. The van der Waals surface area contributed by atoms with Crippen LogP contribution in [0.15, 0.2) is 83.1 Å². The van der Waals surface area contributed by atoms with Gasteiger partial charge in [-0.25, -0.2) is 9.78 Å². The van der Waals surface area contributed by atoms with E-state index in [1.54, 1.807) is 6.20 Å². The molecular formula is C33H37NO4S. The van der Waals surface area contributed by atoms with E-state index in [0.29, 0.717) is 23.3 Å². The van der Waals surface area contributed by atoms with Crippen LogP contribution in [0.25, 0.3) is 0 Å². The number of esters is 1. The van der Waals surface area contributed by atoms with E-state index in [4.69, 9.17) is 9.47 Å². The number of ether oxygens (including phenoxy) is 2. The molecule has 1 aromatic heterocycles. The molecular weight excluding hydrogens is 506 g/mol. The number of carbonyl (C=O) groups is 2. The summed E-state index contributed by atoms with van der Waals surface area (Å²) in [4.78, 5) is 30.7. The first-order valence-corrected chi connectivity index (χ1v) is 15.0. The van der Waals surface area contributed by atoms with Gasteiger partial charge in [0.25, 0.3) is 0 Å². The quantitative estimate of drug-likeness (QED) is 0.298. The molecule has 6 heteroatoms. The highest BCUT2D eigenvalue weighted by atomic mass is 32.2. The van der Waals surface area contributed by atoms with Crippen LogP contribution in [0.1, 0.15) is 52.4 Å². The second-order valence-electron chi connectivity index (χ2n) is 12.2. The Balaban J connectivity index is 1.27. The average Bonchev–Trinajstić information content (AvgIpc) is 3.30. The topological polar surface area (TPSA) is 65.5 Å². The minimum absolute atomic E-state index is 0.0172. The summed E-state index contributed by atoms with van der Waals surface area (Å²) in [7, 11) is 1.44. The molecule has 5 nitrogen and oxygen atoms in total. The molecule has 7 atom stereocenters. The zero-order valence-corrected chi connectivity index (χ0v) is 23.8. The molecule has 2 saturated carbocycles. The molecule has 0 bridgehead atoms. The summed E-state index contributed by atoms with van der Waals surface area (Å²) in [6.07, 6.45) is 11.8. The first-order chi connectivity index (χ1) is 18.8. The van der Waals surface area contributed by atoms with Gasteiger partial charge >= 0.3 is 5.97 Å². The molecule has 0 N–H and O–H groups in total. The molecule has 6 rings (SSSR count). The molecule has 0 radical (unpaired) electrons. The van der Waals surface area contributed by atoms with E-state index in [1.807, 2.05) is 48.5 Å². The Kier molecular flexibility index (Phi) is 6.95. The number of fused-ring (bicyclic) bond motifs is 5. The Bertz CT molecular complexity index is 1310. The third kappa shape index (κ3) is 4.55. The fourth-order valence-corrected chi connectivity index (χ4v) is 9.41. The molecule has 1 aromatic carbocycles. The van der Waals surface area contributed by atoms with Crippen LogP contribution in [-0.4, -0.2) is 29.3 Å². The zero-order valence-electron chi connectivity index (χ0n) is 23.0. The first kappa shape index (κ1) is 26.4. The highest BCUT2D eigenvalue weighted by Crippen LogP contribution is 2.66. The average molecular weight is 544 g/mol. The summed E-state index contributed by atoms with van der Waals surface area (Å²) >= 11 is 1.32. The van der Waals surface area contributed by atoms with Gasteiger partial charge in [-0.3, -0.25) is 4.79 Å². The highest BCUT2D eigenvalue weighted by Gasteiger charge is 2.60. The van der Waals surface area contributed by atoms with Gasteiger partial charge in [0.1, 0.15) is 16.9 Å². The largest absolute Gasteiger partial charge is 0.485 e. The molecule has 0 aliphatic heterocycles. The van der Waals surface area contributed by atoms with E-state index >= 15 is 0 Å². The highest BCUT2D eigenvalue weighted by molar-refractivity contribution is 8.13. The number of aromatic nitrogens is 1. The van der Waals surface area contributed by atoms with Gasteiger partial charge in [0.2, 0.25) is 0 Å². The molecule has 2 fully saturated rings. The summed E-state index contributed by atoms with van der Waals surface area (Å²) < 4.78 is 11.6. The maximum Gasteiger partial charge on any atom is 0.337 e. The molecule has 2 aromatic rings. The SMILES string of the molecule is COC(=O)C1=CC2=CC[C@H]3[C@@H]4CC[C@H](C(=O)Sc5ccccn5)[C@@]4(C)CC[C@@H]3[C@@]2(C)C[C@H]1Oc1ccccc1. The van der Waals surface area contributed by atoms with E-state index in [-0.39, 0.29) is 33.9 Å². The Morgan fingerprint density at radius 3 is 2.54 bits per heavy atom. The molecule has 0 spiro atoms. The summed E-state index contributed by atoms with van der Waals surface area (Å²) in [6.45, 7) is 4.75. The van der Waals surface area contributed by atoms with Crippen LogP contribution in [0.3, 0.4) is 0 Å². The molecule has 1 heterocycles. The second kappa shape index (κ2) is 10.3. The van der Waals surface area contributed by atoms with Crippen molar-refractivity contribution in [2.45, 2.75) is 63.5 Å². The molecule has 0 unspecified atom stereocenters. The number of hydrogen-bond donors (Lipinski definition) is 0. The number of carbonyl (C=O) groups excluding carboxylic acids is 2. The molecule has 204 valence electrons. The van der Waals surface area contributed by atoms with Crippen molar-refractivity contribution in [3.05, 3.63) is 78.0 Å². The van der Waals surface area contributed by atoms with Crippen LogP contribution in [0, 0.1) is 34.5 Å². The minimum atomic E-state index is -0.360. The maximum absolute atomic E-state index is 13.5. The summed E-state index contributed by atoms with van der Waals surface area (Å²) in [5, 5.41) is 1.07. The summed E-state index contributed by atoms with van der Waals surface area (Å²) in [5.74, 6) is 2.05. The van der Waals surface area contributed by atoms with Crippen LogP contribution < -0.4 is 4.74 Å². The number of benzene rings is 1. The van der Waals surface area contributed by atoms with Crippen molar-refractivity contribution in [3.63, 3.8) is 0 Å². The number of rotatable bonds is 5. The summed E-state index contributed by atoms with van der Waals surface area (Å²) in [6, 6.07) is 15.5. The van der Waals surface area contributed by atoms with E-state index in [9.17, 15) is 9.59 Å². The van der Waals surface area contributed by atoms with Gasteiger partial charge in [0, 0.05) is 12.1 Å². The Morgan fingerprint density at radius 1 is 1.00 bits per heavy atom. The van der Waals surface area contributed by atoms with Crippen LogP contribution in [0.5, 0.6) is 5.75 Å². The normalized spacial score (nSPS) is 35.0. The molecule has 0 amide bonds. The molecule has 39 heavy (non-hydrogen) atoms. The van der Waals surface area contributed by atoms with Crippen molar-refractivity contribution in [2.24, 2.45) is 34.5 Å². The molecule has 0 saturated heterocycles. The molecule has 4 aliphatic carbocycles. The Morgan fingerprint density at radius 2 is 1.79 bits per heavy atom. The number of thioether (sulfide) groups is 1. The number of hydrogen-bond acceptors (Lipinski definition) is 6. The fourth-order valence-electron chi connectivity index (χ4n) is 8.41. The van der Waals surface area contributed by atoms with Gasteiger partial charge in [-0.2, -0.15) is 0 Å². The lowest BCUT2D eigenvalue weighted by molar-refractivity contribution is -0.137. The number of para-hydroxylation sites is 1. The first-order valence-electron chi connectivity index (χ1n) is 14.2. The van der Waals surface area contributed by atoms with Gasteiger partial charge < -0.3 is 9.47 Å².